The SMILES string of the molecule is C[C@H]1CNc2ccccc2S1. The molecule has 1 aromatic rings. The molecule has 1 N–H and O–H groups in total. The molecule has 58 valence electrons. The van der Waals surface area contributed by atoms with Crippen LogP contribution in [0.25, 0.3) is 0 Å². The van der Waals surface area contributed by atoms with Gasteiger partial charge in [0.2, 0.25) is 0 Å². The van der Waals surface area contributed by atoms with Crippen LogP contribution in [0.3, 0.4) is 0 Å². The highest BCUT2D eigenvalue weighted by Crippen LogP contribution is 2.33. The fourth-order valence-corrected chi connectivity index (χ4v) is 2.25. The Morgan fingerprint density at radius 1 is 1.45 bits per heavy atom. The van der Waals surface area contributed by atoms with Gasteiger partial charge in [0.1, 0.15) is 0 Å². The molecule has 0 spiro atoms. The maximum atomic E-state index is 3.39. The smallest absolute Gasteiger partial charge is 0.0478 e. The Labute approximate surface area is 71.2 Å². The van der Waals surface area contributed by atoms with Crippen LogP contribution in [0.1, 0.15) is 6.92 Å². The van der Waals surface area contributed by atoms with Crippen LogP contribution < -0.4 is 5.32 Å². The van der Waals surface area contributed by atoms with Crippen LogP contribution in [0.4, 0.5) is 5.69 Å². The Bertz CT molecular complexity index is 259. The van der Waals surface area contributed by atoms with Crippen molar-refractivity contribution in [2.45, 2.75) is 17.1 Å². The molecule has 0 unspecified atom stereocenters. The first-order valence-corrected chi connectivity index (χ1v) is 4.74. The second kappa shape index (κ2) is 2.78. The van der Waals surface area contributed by atoms with E-state index in [0.29, 0.717) is 5.25 Å². The van der Waals surface area contributed by atoms with Gasteiger partial charge in [-0.3, -0.25) is 0 Å². The maximum absolute atomic E-state index is 3.39. The van der Waals surface area contributed by atoms with Crippen LogP contribution in [0.2, 0.25) is 0 Å². The minimum Gasteiger partial charge on any atom is -0.383 e. The zero-order valence-electron chi connectivity index (χ0n) is 6.50. The molecule has 11 heavy (non-hydrogen) atoms. The predicted octanol–water partition coefficient (Wildman–Crippen LogP) is 2.59. The van der Waals surface area contributed by atoms with Gasteiger partial charge in [0.05, 0.1) is 0 Å². The van der Waals surface area contributed by atoms with Crippen LogP contribution >= 0.6 is 11.8 Å². The molecule has 2 rings (SSSR count). The highest BCUT2D eigenvalue weighted by molar-refractivity contribution is 8.00. The number of benzene rings is 1. The molecule has 1 atom stereocenters. The van der Waals surface area contributed by atoms with Gasteiger partial charge in [-0.2, -0.15) is 0 Å². The third-order valence-corrected chi connectivity index (χ3v) is 2.97. The molecule has 0 saturated carbocycles. The Kier molecular flexibility index (Phi) is 1.78. The lowest BCUT2D eigenvalue weighted by Crippen LogP contribution is -2.17. The summed E-state index contributed by atoms with van der Waals surface area (Å²) in [5, 5.41) is 4.09. The first-order valence-electron chi connectivity index (χ1n) is 3.86. The molecule has 0 radical (unpaired) electrons. The van der Waals surface area contributed by atoms with Gasteiger partial charge in [0.15, 0.2) is 0 Å². The number of fused-ring (bicyclic) bond motifs is 1. The molecule has 0 aliphatic carbocycles. The van der Waals surface area contributed by atoms with Gasteiger partial charge in [-0.25, -0.2) is 0 Å². The van der Waals surface area contributed by atoms with Crippen LogP contribution in [0.15, 0.2) is 29.2 Å². The van der Waals surface area contributed by atoms with Crippen LogP contribution in [-0.2, 0) is 0 Å². The molecule has 1 nitrogen and oxygen atoms in total. The molecule has 1 aliphatic heterocycles. The molecule has 1 heterocycles. The third-order valence-electron chi connectivity index (χ3n) is 1.80. The molecule has 0 amide bonds. The second-order valence-corrected chi connectivity index (χ2v) is 4.29. The summed E-state index contributed by atoms with van der Waals surface area (Å²) in [4.78, 5) is 1.38. The molecule has 2 heteroatoms. The predicted molar refractivity (Wildman–Crippen MR) is 50.3 cm³/mol. The van der Waals surface area contributed by atoms with Crippen molar-refractivity contribution in [1.29, 1.82) is 0 Å². The average molecular weight is 165 g/mol. The lowest BCUT2D eigenvalue weighted by atomic mass is 10.3. The zero-order chi connectivity index (χ0) is 7.68. The molecule has 0 saturated heterocycles. The minimum absolute atomic E-state index is 0.699. The van der Waals surface area contributed by atoms with Crippen molar-refractivity contribution in [2.24, 2.45) is 0 Å². The number of hydrogen-bond acceptors (Lipinski definition) is 2. The summed E-state index contributed by atoms with van der Waals surface area (Å²) in [6, 6.07) is 8.46. The second-order valence-electron chi connectivity index (χ2n) is 2.81. The fourth-order valence-electron chi connectivity index (χ4n) is 1.23. The molecule has 0 bridgehead atoms. The zero-order valence-corrected chi connectivity index (χ0v) is 7.32. The van der Waals surface area contributed by atoms with Crippen molar-refractivity contribution in [3.8, 4) is 0 Å². The molecular formula is C9H11NS. The van der Waals surface area contributed by atoms with Crippen LogP contribution in [0.5, 0.6) is 0 Å². The van der Waals surface area contributed by atoms with Gasteiger partial charge in [-0.15, -0.1) is 11.8 Å². The Morgan fingerprint density at radius 2 is 2.27 bits per heavy atom. The topological polar surface area (TPSA) is 12.0 Å². The van der Waals surface area contributed by atoms with E-state index in [1.54, 1.807) is 0 Å². The van der Waals surface area contributed by atoms with E-state index in [0.717, 1.165) is 6.54 Å². The number of para-hydroxylation sites is 1. The van der Waals surface area contributed by atoms with Gasteiger partial charge < -0.3 is 5.32 Å². The lowest BCUT2D eigenvalue weighted by molar-refractivity contribution is 0.975. The summed E-state index contributed by atoms with van der Waals surface area (Å²) < 4.78 is 0. The van der Waals surface area contributed by atoms with E-state index in [1.165, 1.54) is 10.6 Å². The van der Waals surface area contributed by atoms with Crippen molar-refractivity contribution in [3.05, 3.63) is 24.3 Å². The normalized spacial score (nSPS) is 22.1. The summed E-state index contributed by atoms with van der Waals surface area (Å²) in [6.07, 6.45) is 0. The first-order chi connectivity index (χ1) is 5.36. The van der Waals surface area contributed by atoms with E-state index in [2.05, 4.69) is 36.5 Å². The number of hydrogen-bond donors (Lipinski definition) is 1. The number of nitrogens with one attached hydrogen (secondary N) is 1. The monoisotopic (exact) mass is 165 g/mol. The molecular weight excluding hydrogens is 154 g/mol. The van der Waals surface area contributed by atoms with E-state index in [1.807, 2.05) is 11.8 Å². The van der Waals surface area contributed by atoms with E-state index >= 15 is 0 Å². The largest absolute Gasteiger partial charge is 0.383 e. The Hall–Kier alpha value is -0.630. The summed E-state index contributed by atoms with van der Waals surface area (Å²) >= 11 is 1.95. The summed E-state index contributed by atoms with van der Waals surface area (Å²) in [5.41, 5.74) is 1.29. The Morgan fingerprint density at radius 3 is 3.18 bits per heavy atom. The van der Waals surface area contributed by atoms with E-state index < -0.39 is 0 Å². The summed E-state index contributed by atoms with van der Waals surface area (Å²) in [5.74, 6) is 0. The van der Waals surface area contributed by atoms with Crippen molar-refractivity contribution in [3.63, 3.8) is 0 Å². The maximum Gasteiger partial charge on any atom is 0.0478 e. The van der Waals surface area contributed by atoms with Gasteiger partial charge in [0, 0.05) is 22.4 Å². The lowest BCUT2D eigenvalue weighted by Gasteiger charge is -2.22. The quantitative estimate of drug-likeness (QED) is 0.634. The number of anilines is 1. The van der Waals surface area contributed by atoms with Crippen molar-refractivity contribution in [2.75, 3.05) is 11.9 Å². The van der Waals surface area contributed by atoms with Gasteiger partial charge in [0.25, 0.3) is 0 Å². The van der Waals surface area contributed by atoms with Gasteiger partial charge in [-0.05, 0) is 12.1 Å². The van der Waals surface area contributed by atoms with Gasteiger partial charge in [-0.1, -0.05) is 19.1 Å². The molecule has 0 fully saturated rings. The number of rotatable bonds is 0. The van der Waals surface area contributed by atoms with Crippen molar-refractivity contribution >= 4 is 17.4 Å². The fraction of sp³-hybridized carbons (Fsp3) is 0.333. The molecule has 0 aromatic heterocycles. The Balaban J connectivity index is 2.34. The third kappa shape index (κ3) is 1.36. The highest BCUT2D eigenvalue weighted by Gasteiger charge is 2.13. The van der Waals surface area contributed by atoms with E-state index in [-0.39, 0.29) is 0 Å². The summed E-state index contributed by atoms with van der Waals surface area (Å²) in [6.45, 7) is 3.33. The van der Waals surface area contributed by atoms with Crippen molar-refractivity contribution in [1.82, 2.24) is 0 Å². The van der Waals surface area contributed by atoms with E-state index in [4.69, 9.17) is 0 Å². The van der Waals surface area contributed by atoms with Gasteiger partial charge >= 0.3 is 0 Å². The highest BCUT2D eigenvalue weighted by atomic mass is 32.2. The number of thioether (sulfide) groups is 1. The standard InChI is InChI=1S/C9H11NS/c1-7-6-10-8-4-2-3-5-9(8)11-7/h2-5,7,10H,6H2,1H3/t7-/m0/s1. The van der Waals surface area contributed by atoms with Crippen LogP contribution in [0, 0.1) is 0 Å². The van der Waals surface area contributed by atoms with Crippen molar-refractivity contribution < 1.29 is 0 Å². The first kappa shape index (κ1) is 7.04. The molecule has 1 aromatic carbocycles. The van der Waals surface area contributed by atoms with E-state index in [9.17, 15) is 0 Å². The molecule has 1 aliphatic rings. The minimum atomic E-state index is 0.699. The van der Waals surface area contributed by atoms with Crippen LogP contribution in [-0.4, -0.2) is 11.8 Å². The average Bonchev–Trinajstić information content (AvgIpc) is 2.04. The summed E-state index contributed by atoms with van der Waals surface area (Å²) in [7, 11) is 0.